The molecule has 1 atom stereocenters. The van der Waals surface area contributed by atoms with Gasteiger partial charge in [-0.2, -0.15) is 0 Å². The number of amides is 2. The van der Waals surface area contributed by atoms with Gasteiger partial charge in [-0.3, -0.25) is 0 Å². The van der Waals surface area contributed by atoms with E-state index in [0.29, 0.717) is 11.6 Å². The van der Waals surface area contributed by atoms with Crippen molar-refractivity contribution in [1.82, 2.24) is 10.3 Å². The molecule has 132 valence electrons. The molecule has 1 saturated carbocycles. The van der Waals surface area contributed by atoms with Crippen molar-refractivity contribution < 1.29 is 4.79 Å². The molecule has 1 aromatic carbocycles. The predicted molar refractivity (Wildman–Crippen MR) is 102 cm³/mol. The number of carbonyl (C=O) groups is 1. The lowest BCUT2D eigenvalue weighted by atomic mass is 9.92. The lowest BCUT2D eigenvalue weighted by Gasteiger charge is -2.25. The first-order valence-corrected chi connectivity index (χ1v) is 8.89. The van der Waals surface area contributed by atoms with E-state index in [-0.39, 0.29) is 12.1 Å². The Kier molecular flexibility index (Phi) is 5.53. The van der Waals surface area contributed by atoms with Crippen molar-refractivity contribution in [2.24, 2.45) is 5.92 Å². The first-order chi connectivity index (χ1) is 12.1. The Morgan fingerprint density at radius 3 is 2.44 bits per heavy atom. The van der Waals surface area contributed by atoms with E-state index in [1.54, 1.807) is 6.20 Å². The van der Waals surface area contributed by atoms with Crippen LogP contribution < -0.4 is 15.5 Å². The van der Waals surface area contributed by atoms with Crippen LogP contribution in [0.4, 0.5) is 16.3 Å². The van der Waals surface area contributed by atoms with E-state index >= 15 is 0 Å². The van der Waals surface area contributed by atoms with E-state index in [0.717, 1.165) is 5.82 Å². The van der Waals surface area contributed by atoms with Crippen LogP contribution in [0.1, 0.15) is 37.3 Å². The van der Waals surface area contributed by atoms with Crippen molar-refractivity contribution >= 4 is 17.5 Å². The third kappa shape index (κ3) is 4.50. The van der Waals surface area contributed by atoms with Crippen LogP contribution >= 0.6 is 0 Å². The highest BCUT2D eigenvalue weighted by molar-refractivity contribution is 5.89. The van der Waals surface area contributed by atoms with Crippen LogP contribution in [0.2, 0.25) is 0 Å². The van der Waals surface area contributed by atoms with Crippen molar-refractivity contribution in [2.75, 3.05) is 24.3 Å². The van der Waals surface area contributed by atoms with Crippen LogP contribution in [-0.2, 0) is 0 Å². The zero-order valence-electron chi connectivity index (χ0n) is 14.9. The van der Waals surface area contributed by atoms with Gasteiger partial charge in [0.2, 0.25) is 0 Å². The topological polar surface area (TPSA) is 57.3 Å². The maximum atomic E-state index is 12.5. The number of rotatable bonds is 5. The molecule has 1 fully saturated rings. The van der Waals surface area contributed by atoms with E-state index < -0.39 is 0 Å². The SMILES string of the molecule is CN(C)c1ccc(NC(=O)NC(c2ccccc2)C2CCCC2)cn1. The molecule has 1 aliphatic carbocycles. The minimum absolute atomic E-state index is 0.0534. The van der Waals surface area contributed by atoms with Crippen molar-refractivity contribution in [3.8, 4) is 0 Å². The number of urea groups is 1. The molecule has 1 aliphatic rings. The van der Waals surface area contributed by atoms with Crippen LogP contribution in [-0.4, -0.2) is 25.1 Å². The molecule has 0 aliphatic heterocycles. The third-order valence-electron chi connectivity index (χ3n) is 4.78. The number of carbonyl (C=O) groups excluding carboxylic acids is 1. The van der Waals surface area contributed by atoms with E-state index in [1.807, 2.05) is 49.3 Å². The van der Waals surface area contributed by atoms with Gasteiger partial charge in [-0.15, -0.1) is 0 Å². The molecule has 0 spiro atoms. The summed E-state index contributed by atoms with van der Waals surface area (Å²) in [6, 6.07) is 13.9. The monoisotopic (exact) mass is 338 g/mol. The Balaban J connectivity index is 1.67. The third-order valence-corrected chi connectivity index (χ3v) is 4.78. The van der Waals surface area contributed by atoms with Gasteiger partial charge in [0.15, 0.2) is 0 Å². The van der Waals surface area contributed by atoms with Gasteiger partial charge in [0.1, 0.15) is 5.82 Å². The Hall–Kier alpha value is -2.56. The number of anilines is 2. The summed E-state index contributed by atoms with van der Waals surface area (Å²) in [5.41, 5.74) is 1.87. The van der Waals surface area contributed by atoms with Gasteiger partial charge >= 0.3 is 6.03 Å². The lowest BCUT2D eigenvalue weighted by molar-refractivity contribution is 0.242. The number of hydrogen-bond donors (Lipinski definition) is 2. The standard InChI is InChI=1S/C20H26N4O/c1-24(2)18-13-12-17(14-21-18)22-20(25)23-19(16-10-6-7-11-16)15-8-4-3-5-9-15/h3-5,8-9,12-14,16,19H,6-7,10-11H2,1-2H3,(H2,22,23,25). The van der Waals surface area contributed by atoms with E-state index in [2.05, 4.69) is 27.8 Å². The molecule has 5 heteroatoms. The highest BCUT2D eigenvalue weighted by atomic mass is 16.2. The van der Waals surface area contributed by atoms with Gasteiger partial charge in [0.25, 0.3) is 0 Å². The maximum Gasteiger partial charge on any atom is 0.319 e. The van der Waals surface area contributed by atoms with E-state index in [9.17, 15) is 4.79 Å². The molecule has 5 nitrogen and oxygen atoms in total. The van der Waals surface area contributed by atoms with Crippen LogP contribution in [0.5, 0.6) is 0 Å². The number of nitrogens with zero attached hydrogens (tertiary/aromatic N) is 2. The van der Waals surface area contributed by atoms with Crippen LogP contribution in [0.15, 0.2) is 48.7 Å². The highest BCUT2D eigenvalue weighted by Gasteiger charge is 2.27. The lowest BCUT2D eigenvalue weighted by Crippen LogP contribution is -2.36. The minimum Gasteiger partial charge on any atom is -0.363 e. The zero-order chi connectivity index (χ0) is 17.6. The van der Waals surface area contributed by atoms with E-state index in [4.69, 9.17) is 0 Å². The molecule has 0 radical (unpaired) electrons. The molecule has 1 aromatic heterocycles. The zero-order valence-corrected chi connectivity index (χ0v) is 14.9. The normalized spacial score (nSPS) is 15.6. The number of nitrogens with one attached hydrogen (secondary N) is 2. The molecule has 2 amide bonds. The second-order valence-electron chi connectivity index (χ2n) is 6.83. The Morgan fingerprint density at radius 1 is 1.12 bits per heavy atom. The summed E-state index contributed by atoms with van der Waals surface area (Å²) in [5, 5.41) is 6.07. The molecule has 3 rings (SSSR count). The fourth-order valence-electron chi connectivity index (χ4n) is 3.46. The van der Waals surface area contributed by atoms with Gasteiger partial charge < -0.3 is 15.5 Å². The largest absolute Gasteiger partial charge is 0.363 e. The molecule has 2 aromatic rings. The first kappa shape index (κ1) is 17.3. The second-order valence-corrected chi connectivity index (χ2v) is 6.83. The second kappa shape index (κ2) is 8.01. The van der Waals surface area contributed by atoms with Crippen molar-refractivity contribution in [3.05, 3.63) is 54.2 Å². The fourth-order valence-corrected chi connectivity index (χ4v) is 3.46. The summed E-state index contributed by atoms with van der Waals surface area (Å²) in [6.07, 6.45) is 6.50. The summed E-state index contributed by atoms with van der Waals surface area (Å²) >= 11 is 0. The first-order valence-electron chi connectivity index (χ1n) is 8.89. The molecule has 0 saturated heterocycles. The number of pyridine rings is 1. The van der Waals surface area contributed by atoms with Gasteiger partial charge in [-0.05, 0) is 36.5 Å². The molecule has 1 heterocycles. The summed E-state index contributed by atoms with van der Waals surface area (Å²) in [6.45, 7) is 0. The fraction of sp³-hybridized carbons (Fsp3) is 0.400. The van der Waals surface area contributed by atoms with E-state index in [1.165, 1.54) is 31.2 Å². The summed E-state index contributed by atoms with van der Waals surface area (Å²) < 4.78 is 0. The maximum absolute atomic E-state index is 12.5. The molecular weight excluding hydrogens is 312 g/mol. The van der Waals surface area contributed by atoms with Crippen LogP contribution in [0, 0.1) is 5.92 Å². The van der Waals surface area contributed by atoms with Gasteiger partial charge in [-0.1, -0.05) is 43.2 Å². The van der Waals surface area contributed by atoms with Crippen LogP contribution in [0.3, 0.4) is 0 Å². The Morgan fingerprint density at radius 2 is 1.84 bits per heavy atom. The number of benzene rings is 1. The summed E-state index contributed by atoms with van der Waals surface area (Å²) in [4.78, 5) is 18.8. The summed E-state index contributed by atoms with van der Waals surface area (Å²) in [5.74, 6) is 1.36. The number of hydrogen-bond acceptors (Lipinski definition) is 3. The number of aromatic nitrogens is 1. The van der Waals surface area contributed by atoms with Gasteiger partial charge in [0, 0.05) is 14.1 Å². The Bertz CT molecular complexity index is 679. The van der Waals surface area contributed by atoms with Crippen molar-refractivity contribution in [2.45, 2.75) is 31.7 Å². The smallest absolute Gasteiger partial charge is 0.319 e. The van der Waals surface area contributed by atoms with Crippen molar-refractivity contribution in [3.63, 3.8) is 0 Å². The molecule has 0 bridgehead atoms. The molecule has 2 N–H and O–H groups in total. The average Bonchev–Trinajstić information content (AvgIpc) is 3.15. The summed E-state index contributed by atoms with van der Waals surface area (Å²) in [7, 11) is 3.88. The Labute approximate surface area is 149 Å². The van der Waals surface area contributed by atoms with Crippen LogP contribution in [0.25, 0.3) is 0 Å². The molecular formula is C20H26N4O. The van der Waals surface area contributed by atoms with Gasteiger partial charge in [-0.25, -0.2) is 9.78 Å². The van der Waals surface area contributed by atoms with Crippen molar-refractivity contribution in [1.29, 1.82) is 0 Å². The minimum atomic E-state index is -0.180. The van der Waals surface area contributed by atoms with Gasteiger partial charge in [0.05, 0.1) is 17.9 Å². The highest BCUT2D eigenvalue weighted by Crippen LogP contribution is 2.35. The molecule has 25 heavy (non-hydrogen) atoms. The predicted octanol–water partition coefficient (Wildman–Crippen LogP) is 4.20. The quantitative estimate of drug-likeness (QED) is 0.859. The average molecular weight is 338 g/mol. The molecule has 1 unspecified atom stereocenters.